The molecule has 2 heterocycles. The van der Waals surface area contributed by atoms with Crippen LogP contribution in [0.5, 0.6) is 0 Å². The minimum atomic E-state index is 0.554. The van der Waals surface area contributed by atoms with Crippen molar-refractivity contribution in [1.29, 1.82) is 0 Å². The van der Waals surface area contributed by atoms with Gasteiger partial charge >= 0.3 is 0 Å². The smallest absolute Gasteiger partial charge is 0.153 e. The fourth-order valence-corrected chi connectivity index (χ4v) is 1.80. The van der Waals surface area contributed by atoms with Crippen LogP contribution in [0.15, 0.2) is 48.9 Å². The molecule has 4 nitrogen and oxygen atoms in total. The molecule has 0 atom stereocenters. The van der Waals surface area contributed by atoms with Crippen molar-refractivity contribution < 1.29 is 4.79 Å². The van der Waals surface area contributed by atoms with Gasteiger partial charge in [-0.15, -0.1) is 0 Å². The van der Waals surface area contributed by atoms with Gasteiger partial charge in [0.05, 0.1) is 23.0 Å². The van der Waals surface area contributed by atoms with Crippen molar-refractivity contribution in [3.8, 4) is 5.69 Å². The predicted octanol–water partition coefficient (Wildman–Crippen LogP) is 2.23. The molecule has 0 saturated carbocycles. The van der Waals surface area contributed by atoms with Crippen molar-refractivity contribution in [3.63, 3.8) is 0 Å². The molecule has 17 heavy (non-hydrogen) atoms. The molecule has 0 N–H and O–H groups in total. The molecule has 0 aliphatic rings. The summed E-state index contributed by atoms with van der Waals surface area (Å²) >= 11 is 0. The Kier molecular flexibility index (Phi) is 2.19. The number of fused-ring (bicyclic) bond motifs is 1. The van der Waals surface area contributed by atoms with Gasteiger partial charge < -0.3 is 0 Å². The first-order chi connectivity index (χ1) is 8.38. The Labute approximate surface area is 97.5 Å². The van der Waals surface area contributed by atoms with Crippen molar-refractivity contribution in [2.75, 3.05) is 0 Å². The first-order valence-electron chi connectivity index (χ1n) is 5.22. The van der Waals surface area contributed by atoms with Crippen molar-refractivity contribution in [1.82, 2.24) is 14.8 Å². The van der Waals surface area contributed by atoms with Crippen LogP contribution in [0.3, 0.4) is 0 Å². The molecule has 82 valence electrons. The Morgan fingerprint density at radius 1 is 1.18 bits per heavy atom. The molecular formula is C13H9N3O. The minimum absolute atomic E-state index is 0.554. The van der Waals surface area contributed by atoms with Crippen LogP contribution in [0.1, 0.15) is 10.4 Å². The highest BCUT2D eigenvalue weighted by Crippen LogP contribution is 2.19. The molecule has 0 spiro atoms. The van der Waals surface area contributed by atoms with Crippen LogP contribution in [-0.4, -0.2) is 21.1 Å². The van der Waals surface area contributed by atoms with Crippen molar-refractivity contribution in [2.24, 2.45) is 0 Å². The average Bonchev–Trinajstić information content (AvgIpc) is 2.87. The maximum Gasteiger partial charge on any atom is 0.153 e. The lowest BCUT2D eigenvalue weighted by Gasteiger charge is -2.04. The second-order valence-electron chi connectivity index (χ2n) is 3.69. The van der Waals surface area contributed by atoms with Crippen LogP contribution in [0.2, 0.25) is 0 Å². The van der Waals surface area contributed by atoms with E-state index >= 15 is 0 Å². The zero-order chi connectivity index (χ0) is 11.7. The SMILES string of the molecule is O=Cc1cnn(-c2cccc3cccnc23)c1. The van der Waals surface area contributed by atoms with Gasteiger partial charge in [-0.25, -0.2) is 4.68 Å². The monoisotopic (exact) mass is 223 g/mol. The number of hydrogen-bond acceptors (Lipinski definition) is 3. The van der Waals surface area contributed by atoms with Gasteiger partial charge in [-0.1, -0.05) is 18.2 Å². The number of pyridine rings is 1. The van der Waals surface area contributed by atoms with Gasteiger partial charge in [0.2, 0.25) is 0 Å². The van der Waals surface area contributed by atoms with Gasteiger partial charge in [-0.2, -0.15) is 5.10 Å². The first-order valence-corrected chi connectivity index (χ1v) is 5.22. The van der Waals surface area contributed by atoms with Gasteiger partial charge in [-0.3, -0.25) is 9.78 Å². The number of aldehydes is 1. The Morgan fingerprint density at radius 3 is 2.88 bits per heavy atom. The zero-order valence-corrected chi connectivity index (χ0v) is 8.95. The second-order valence-corrected chi connectivity index (χ2v) is 3.69. The minimum Gasteiger partial charge on any atom is -0.298 e. The molecule has 0 fully saturated rings. The highest BCUT2D eigenvalue weighted by molar-refractivity contribution is 5.86. The molecule has 0 amide bonds. The Balaban J connectivity index is 2.26. The number of carbonyl (C=O) groups is 1. The molecule has 3 rings (SSSR count). The molecule has 0 aliphatic heterocycles. The number of benzene rings is 1. The number of hydrogen-bond donors (Lipinski definition) is 0. The van der Waals surface area contributed by atoms with Crippen molar-refractivity contribution in [3.05, 3.63) is 54.5 Å². The maximum atomic E-state index is 10.6. The Hall–Kier alpha value is -2.49. The van der Waals surface area contributed by atoms with E-state index in [1.165, 1.54) is 6.20 Å². The van der Waals surface area contributed by atoms with E-state index in [1.807, 2.05) is 30.3 Å². The third-order valence-corrected chi connectivity index (χ3v) is 2.60. The standard InChI is InChI=1S/C13H9N3O/c17-9-10-7-15-16(8-10)12-5-1-3-11-4-2-6-14-13(11)12/h1-9H. The Morgan fingerprint density at radius 2 is 2.06 bits per heavy atom. The largest absolute Gasteiger partial charge is 0.298 e. The summed E-state index contributed by atoms with van der Waals surface area (Å²) in [5.74, 6) is 0. The summed E-state index contributed by atoms with van der Waals surface area (Å²) in [5.41, 5.74) is 2.30. The van der Waals surface area contributed by atoms with Gasteiger partial charge in [0, 0.05) is 17.8 Å². The number of para-hydroxylation sites is 1. The molecule has 4 heteroatoms. The van der Waals surface area contributed by atoms with Crippen LogP contribution in [0, 0.1) is 0 Å². The van der Waals surface area contributed by atoms with Gasteiger partial charge in [0.1, 0.15) is 0 Å². The van der Waals surface area contributed by atoms with Gasteiger partial charge in [0.15, 0.2) is 6.29 Å². The van der Waals surface area contributed by atoms with Crippen LogP contribution in [-0.2, 0) is 0 Å². The summed E-state index contributed by atoms with van der Waals surface area (Å²) in [7, 11) is 0. The lowest BCUT2D eigenvalue weighted by molar-refractivity contribution is 0.112. The molecule has 0 bridgehead atoms. The molecule has 0 saturated heterocycles. The fraction of sp³-hybridized carbons (Fsp3) is 0. The van der Waals surface area contributed by atoms with Crippen LogP contribution in [0.25, 0.3) is 16.6 Å². The lowest BCUT2D eigenvalue weighted by Crippen LogP contribution is -1.96. The highest BCUT2D eigenvalue weighted by Gasteiger charge is 2.05. The van der Waals surface area contributed by atoms with Crippen molar-refractivity contribution >= 4 is 17.2 Å². The molecule has 0 unspecified atom stereocenters. The summed E-state index contributed by atoms with van der Waals surface area (Å²) in [6, 6.07) is 9.76. The van der Waals surface area contributed by atoms with Crippen LogP contribution >= 0.6 is 0 Å². The zero-order valence-electron chi connectivity index (χ0n) is 8.95. The number of carbonyl (C=O) groups excluding carboxylic acids is 1. The van der Waals surface area contributed by atoms with E-state index in [-0.39, 0.29) is 0 Å². The van der Waals surface area contributed by atoms with E-state index in [0.717, 1.165) is 22.9 Å². The first kappa shape index (κ1) is 9.72. The van der Waals surface area contributed by atoms with Gasteiger partial charge in [0.25, 0.3) is 0 Å². The summed E-state index contributed by atoms with van der Waals surface area (Å²) < 4.78 is 1.67. The normalized spacial score (nSPS) is 10.6. The van der Waals surface area contributed by atoms with E-state index < -0.39 is 0 Å². The molecule has 2 aromatic heterocycles. The number of nitrogens with zero attached hydrogens (tertiary/aromatic N) is 3. The summed E-state index contributed by atoms with van der Waals surface area (Å²) in [5, 5.41) is 5.20. The lowest BCUT2D eigenvalue weighted by atomic mass is 10.2. The second kappa shape index (κ2) is 3.83. The quantitative estimate of drug-likeness (QED) is 0.626. The van der Waals surface area contributed by atoms with Crippen LogP contribution < -0.4 is 0 Å². The number of aromatic nitrogens is 3. The van der Waals surface area contributed by atoms with E-state index in [4.69, 9.17) is 0 Å². The third kappa shape index (κ3) is 1.59. The molecule has 0 radical (unpaired) electrons. The van der Waals surface area contributed by atoms with E-state index in [1.54, 1.807) is 17.1 Å². The predicted molar refractivity (Wildman–Crippen MR) is 64.3 cm³/mol. The molecule has 0 aliphatic carbocycles. The summed E-state index contributed by atoms with van der Waals surface area (Å²) in [6.07, 6.45) is 5.75. The number of rotatable bonds is 2. The third-order valence-electron chi connectivity index (χ3n) is 2.60. The molecule has 3 aromatic rings. The average molecular weight is 223 g/mol. The van der Waals surface area contributed by atoms with Gasteiger partial charge in [-0.05, 0) is 12.1 Å². The maximum absolute atomic E-state index is 10.6. The van der Waals surface area contributed by atoms with E-state index in [0.29, 0.717) is 5.56 Å². The highest BCUT2D eigenvalue weighted by atomic mass is 16.1. The van der Waals surface area contributed by atoms with Crippen LogP contribution in [0.4, 0.5) is 0 Å². The topological polar surface area (TPSA) is 47.8 Å². The van der Waals surface area contributed by atoms with E-state index in [9.17, 15) is 4.79 Å². The van der Waals surface area contributed by atoms with E-state index in [2.05, 4.69) is 10.1 Å². The summed E-state index contributed by atoms with van der Waals surface area (Å²) in [4.78, 5) is 15.0. The molecule has 1 aromatic carbocycles. The van der Waals surface area contributed by atoms with Crippen molar-refractivity contribution in [2.45, 2.75) is 0 Å². The fourth-order valence-electron chi connectivity index (χ4n) is 1.80. The summed E-state index contributed by atoms with van der Waals surface area (Å²) in [6.45, 7) is 0. The molecular weight excluding hydrogens is 214 g/mol. The Bertz CT molecular complexity index is 682.